The van der Waals surface area contributed by atoms with Gasteiger partial charge in [-0.3, -0.25) is 19.4 Å². The third-order valence-electron chi connectivity index (χ3n) is 6.92. The van der Waals surface area contributed by atoms with Crippen LogP contribution in [0.15, 0.2) is 36.5 Å². The number of nitrogens with one attached hydrogen (secondary N) is 1. The van der Waals surface area contributed by atoms with E-state index >= 15 is 0 Å². The first kappa shape index (κ1) is 25.0. The van der Waals surface area contributed by atoms with Gasteiger partial charge in [-0.25, -0.2) is 15.0 Å². The molecule has 0 saturated carbocycles. The molecule has 5 rings (SSSR count). The van der Waals surface area contributed by atoms with Crippen LogP contribution in [0.4, 0.5) is 11.6 Å². The SMILES string of the molecule is CC(=O)Nc1ncc(-c2nc(N)c3sc(CN4CCN(C(C)(C)C(N)=O)CC4)cc3n2)c2ccccc12. The summed E-state index contributed by atoms with van der Waals surface area (Å²) in [5, 5.41) is 4.47. The molecule has 11 heteroatoms. The summed E-state index contributed by atoms with van der Waals surface area (Å²) in [4.78, 5) is 43.0. The van der Waals surface area contributed by atoms with E-state index in [1.807, 2.05) is 38.1 Å². The van der Waals surface area contributed by atoms with E-state index in [1.54, 1.807) is 17.5 Å². The summed E-state index contributed by atoms with van der Waals surface area (Å²) in [7, 11) is 0. The number of primary amides is 1. The van der Waals surface area contributed by atoms with E-state index in [0.29, 0.717) is 17.5 Å². The van der Waals surface area contributed by atoms with Crippen LogP contribution in [0.25, 0.3) is 32.4 Å². The Labute approximate surface area is 218 Å². The van der Waals surface area contributed by atoms with Gasteiger partial charge in [-0.1, -0.05) is 24.3 Å². The number of fused-ring (bicyclic) bond motifs is 2. The molecule has 0 bridgehead atoms. The summed E-state index contributed by atoms with van der Waals surface area (Å²) >= 11 is 1.60. The van der Waals surface area contributed by atoms with Crippen molar-refractivity contribution in [1.82, 2.24) is 24.8 Å². The monoisotopic (exact) mass is 518 g/mol. The zero-order valence-corrected chi connectivity index (χ0v) is 21.9. The highest BCUT2D eigenvalue weighted by atomic mass is 32.1. The number of pyridine rings is 1. The van der Waals surface area contributed by atoms with Crippen molar-refractivity contribution in [3.8, 4) is 11.4 Å². The normalized spacial score (nSPS) is 15.3. The van der Waals surface area contributed by atoms with Crippen molar-refractivity contribution < 1.29 is 9.59 Å². The van der Waals surface area contributed by atoms with Crippen LogP contribution in [-0.4, -0.2) is 68.3 Å². The average molecular weight is 519 g/mol. The molecule has 10 nitrogen and oxygen atoms in total. The van der Waals surface area contributed by atoms with E-state index < -0.39 is 5.54 Å². The Balaban J connectivity index is 1.40. The van der Waals surface area contributed by atoms with Crippen molar-refractivity contribution in [2.75, 3.05) is 37.2 Å². The summed E-state index contributed by atoms with van der Waals surface area (Å²) in [6.07, 6.45) is 1.68. The molecule has 5 N–H and O–H groups in total. The Morgan fingerprint density at radius 3 is 2.49 bits per heavy atom. The molecule has 4 aromatic rings. The van der Waals surface area contributed by atoms with Gasteiger partial charge in [-0.15, -0.1) is 11.3 Å². The fraction of sp³-hybridized carbons (Fsp3) is 0.346. The van der Waals surface area contributed by atoms with Gasteiger partial charge in [0.05, 0.1) is 15.8 Å². The van der Waals surface area contributed by atoms with Crippen molar-refractivity contribution in [3.05, 3.63) is 41.4 Å². The first-order valence-corrected chi connectivity index (χ1v) is 12.9. The second-order valence-corrected chi connectivity index (χ2v) is 10.9. The fourth-order valence-corrected chi connectivity index (χ4v) is 5.72. The van der Waals surface area contributed by atoms with Crippen molar-refractivity contribution in [2.24, 2.45) is 5.73 Å². The van der Waals surface area contributed by atoms with Gasteiger partial charge in [0.25, 0.3) is 0 Å². The number of nitrogens with two attached hydrogens (primary N) is 2. The number of nitrogen functional groups attached to an aromatic ring is 1. The maximum absolute atomic E-state index is 11.8. The highest BCUT2D eigenvalue weighted by Crippen LogP contribution is 2.34. The lowest BCUT2D eigenvalue weighted by molar-refractivity contribution is -0.129. The Bertz CT molecular complexity index is 1510. The van der Waals surface area contributed by atoms with Crippen molar-refractivity contribution in [1.29, 1.82) is 0 Å². The number of benzene rings is 1. The smallest absolute Gasteiger partial charge is 0.237 e. The number of aromatic nitrogens is 3. The number of anilines is 2. The molecule has 192 valence electrons. The molecule has 1 aliphatic heterocycles. The van der Waals surface area contributed by atoms with E-state index in [1.165, 1.54) is 6.92 Å². The molecule has 2 amide bonds. The lowest BCUT2D eigenvalue weighted by atomic mass is 10.0. The van der Waals surface area contributed by atoms with Crippen LogP contribution in [0.1, 0.15) is 25.6 Å². The molecule has 3 aromatic heterocycles. The molecule has 0 spiro atoms. The summed E-state index contributed by atoms with van der Waals surface area (Å²) in [5.74, 6) is 0.936. The second kappa shape index (κ2) is 9.66. The van der Waals surface area contributed by atoms with Crippen LogP contribution in [-0.2, 0) is 16.1 Å². The molecule has 1 aromatic carbocycles. The number of hydrogen-bond donors (Lipinski definition) is 3. The van der Waals surface area contributed by atoms with Crippen LogP contribution >= 0.6 is 11.3 Å². The van der Waals surface area contributed by atoms with Crippen molar-refractivity contribution >= 4 is 55.8 Å². The number of thiophene rings is 1. The Morgan fingerprint density at radius 2 is 1.81 bits per heavy atom. The molecular weight excluding hydrogens is 488 g/mol. The minimum absolute atomic E-state index is 0.184. The first-order chi connectivity index (χ1) is 17.6. The van der Waals surface area contributed by atoms with Crippen molar-refractivity contribution in [2.45, 2.75) is 32.9 Å². The number of piperazine rings is 1. The fourth-order valence-electron chi connectivity index (χ4n) is 4.68. The highest BCUT2D eigenvalue weighted by molar-refractivity contribution is 7.19. The Morgan fingerprint density at radius 1 is 1.11 bits per heavy atom. The van der Waals surface area contributed by atoms with Gasteiger partial charge < -0.3 is 16.8 Å². The number of carbonyl (C=O) groups excluding carboxylic acids is 2. The lowest BCUT2D eigenvalue weighted by Gasteiger charge is -2.42. The summed E-state index contributed by atoms with van der Waals surface area (Å²) in [5.41, 5.74) is 12.9. The largest absolute Gasteiger partial charge is 0.382 e. The summed E-state index contributed by atoms with van der Waals surface area (Å²) in [6.45, 7) is 9.23. The third kappa shape index (κ3) is 4.85. The Kier molecular flexibility index (Phi) is 6.52. The van der Waals surface area contributed by atoms with E-state index in [2.05, 4.69) is 31.2 Å². The van der Waals surface area contributed by atoms with E-state index in [0.717, 1.165) is 64.2 Å². The lowest BCUT2D eigenvalue weighted by Crippen LogP contribution is -2.59. The standard InChI is InChI=1S/C26H30N8O2S/c1-15(35)30-23-18-7-5-4-6-17(18)19(13-29-23)24-31-20-12-16(37-21(20)22(27)32-24)14-33-8-10-34(11-9-33)26(2,3)25(28)36/h4-7,12-13H,8-11,14H2,1-3H3,(H2,28,36)(H2,27,31,32)(H,29,30,35). The van der Waals surface area contributed by atoms with E-state index in [9.17, 15) is 9.59 Å². The maximum atomic E-state index is 11.8. The first-order valence-electron chi connectivity index (χ1n) is 12.1. The number of carbonyl (C=O) groups is 2. The van der Waals surface area contributed by atoms with Crippen LogP contribution < -0.4 is 16.8 Å². The van der Waals surface area contributed by atoms with Gasteiger partial charge in [0, 0.05) is 61.7 Å². The summed E-state index contributed by atoms with van der Waals surface area (Å²) < 4.78 is 0.861. The topological polar surface area (TPSA) is 143 Å². The predicted octanol–water partition coefficient (Wildman–Crippen LogP) is 2.83. The minimum Gasteiger partial charge on any atom is -0.382 e. The minimum atomic E-state index is -0.649. The Hall–Kier alpha value is -3.67. The molecule has 37 heavy (non-hydrogen) atoms. The van der Waals surface area contributed by atoms with Gasteiger partial charge >= 0.3 is 0 Å². The molecule has 0 radical (unpaired) electrons. The van der Waals surface area contributed by atoms with Gasteiger partial charge in [0.15, 0.2) is 5.82 Å². The number of hydrogen-bond acceptors (Lipinski definition) is 9. The number of nitrogens with zero attached hydrogens (tertiary/aromatic N) is 5. The van der Waals surface area contributed by atoms with Gasteiger partial charge in [-0.05, 0) is 25.3 Å². The summed E-state index contributed by atoms with van der Waals surface area (Å²) in [6, 6.07) is 9.77. The second-order valence-electron chi connectivity index (χ2n) is 9.79. The van der Waals surface area contributed by atoms with Crippen LogP contribution in [0.3, 0.4) is 0 Å². The maximum Gasteiger partial charge on any atom is 0.237 e. The zero-order valence-electron chi connectivity index (χ0n) is 21.1. The predicted molar refractivity (Wildman–Crippen MR) is 147 cm³/mol. The number of amides is 2. The molecule has 0 atom stereocenters. The van der Waals surface area contributed by atoms with Gasteiger partial charge in [0.1, 0.15) is 11.6 Å². The average Bonchev–Trinajstić information content (AvgIpc) is 3.27. The quantitative estimate of drug-likeness (QED) is 0.354. The molecule has 1 fully saturated rings. The molecule has 4 heterocycles. The molecular formula is C26H30N8O2S. The highest BCUT2D eigenvalue weighted by Gasteiger charge is 2.34. The zero-order chi connectivity index (χ0) is 26.3. The molecule has 1 aliphatic rings. The third-order valence-corrected chi connectivity index (χ3v) is 8.06. The van der Waals surface area contributed by atoms with Gasteiger partial charge in [0.2, 0.25) is 11.8 Å². The molecule has 1 saturated heterocycles. The van der Waals surface area contributed by atoms with Crippen LogP contribution in [0.5, 0.6) is 0 Å². The molecule has 0 unspecified atom stereocenters. The van der Waals surface area contributed by atoms with E-state index in [4.69, 9.17) is 16.5 Å². The number of rotatable bonds is 6. The van der Waals surface area contributed by atoms with E-state index in [-0.39, 0.29) is 11.8 Å². The van der Waals surface area contributed by atoms with Gasteiger partial charge in [-0.2, -0.15) is 0 Å². The van der Waals surface area contributed by atoms with Crippen LogP contribution in [0, 0.1) is 0 Å². The van der Waals surface area contributed by atoms with Crippen molar-refractivity contribution in [3.63, 3.8) is 0 Å². The molecule has 0 aliphatic carbocycles. The van der Waals surface area contributed by atoms with Crippen LogP contribution in [0.2, 0.25) is 0 Å².